The Hall–Kier alpha value is -2.15. The molecule has 2 fully saturated rings. The molecule has 1 saturated carbocycles. The monoisotopic (exact) mass is 346 g/mol. The molecular formula is C16H19ClN6O. The highest BCUT2D eigenvalue weighted by Gasteiger charge is 2.27. The van der Waals surface area contributed by atoms with Gasteiger partial charge in [0.05, 0.1) is 17.3 Å². The summed E-state index contributed by atoms with van der Waals surface area (Å²) in [6.45, 7) is 1.70. The highest BCUT2D eigenvalue weighted by molar-refractivity contribution is 6.32. The number of nitrogens with zero attached hydrogens (tertiary/aromatic N) is 5. The summed E-state index contributed by atoms with van der Waals surface area (Å²) in [7, 11) is 0. The van der Waals surface area contributed by atoms with E-state index < -0.39 is 0 Å². The molecule has 1 aliphatic heterocycles. The van der Waals surface area contributed by atoms with Crippen LogP contribution in [0.25, 0.3) is 0 Å². The third kappa shape index (κ3) is 3.21. The van der Waals surface area contributed by atoms with Crippen molar-refractivity contribution in [2.45, 2.75) is 37.8 Å². The van der Waals surface area contributed by atoms with Gasteiger partial charge in [0.2, 0.25) is 0 Å². The van der Waals surface area contributed by atoms with Gasteiger partial charge < -0.3 is 10.2 Å². The highest BCUT2D eigenvalue weighted by Crippen LogP contribution is 2.29. The van der Waals surface area contributed by atoms with Crippen molar-refractivity contribution in [3.05, 3.63) is 35.2 Å². The van der Waals surface area contributed by atoms with Crippen molar-refractivity contribution in [1.82, 2.24) is 25.3 Å². The fourth-order valence-corrected chi connectivity index (χ4v) is 3.24. The summed E-state index contributed by atoms with van der Waals surface area (Å²) in [4.78, 5) is 18.6. The second kappa shape index (κ2) is 6.39. The summed E-state index contributed by atoms with van der Waals surface area (Å²) in [5, 5.41) is 11.8. The first kappa shape index (κ1) is 15.4. The number of hydrogen-bond donors (Lipinski definition) is 1. The molecule has 8 heteroatoms. The molecule has 0 bridgehead atoms. The van der Waals surface area contributed by atoms with Crippen LogP contribution in [0.5, 0.6) is 0 Å². The zero-order valence-corrected chi connectivity index (χ0v) is 14.0. The van der Waals surface area contributed by atoms with Gasteiger partial charge in [-0.25, -0.2) is 9.67 Å². The average Bonchev–Trinajstić information content (AvgIpc) is 3.27. The van der Waals surface area contributed by atoms with Gasteiger partial charge in [-0.1, -0.05) is 16.8 Å². The number of aromatic nitrogens is 4. The minimum Gasteiger partial charge on any atom is -0.355 e. The summed E-state index contributed by atoms with van der Waals surface area (Å²) < 4.78 is 1.82. The van der Waals surface area contributed by atoms with Gasteiger partial charge >= 0.3 is 0 Å². The van der Waals surface area contributed by atoms with E-state index in [-0.39, 0.29) is 11.9 Å². The van der Waals surface area contributed by atoms with E-state index in [2.05, 4.69) is 25.5 Å². The van der Waals surface area contributed by atoms with Crippen LogP contribution >= 0.6 is 11.6 Å². The second-order valence-corrected chi connectivity index (χ2v) is 6.77. The van der Waals surface area contributed by atoms with Crippen LogP contribution < -0.4 is 10.2 Å². The Kier molecular flexibility index (Phi) is 4.10. The molecule has 2 aromatic heterocycles. The SMILES string of the molecule is O=C(NC1CC1)c1cn(C2CCN(c3ncccc3Cl)CC2)nn1. The van der Waals surface area contributed by atoms with Crippen LogP contribution in [0.1, 0.15) is 42.2 Å². The van der Waals surface area contributed by atoms with Crippen molar-refractivity contribution < 1.29 is 4.79 Å². The van der Waals surface area contributed by atoms with E-state index in [0.717, 1.165) is 44.6 Å². The van der Waals surface area contributed by atoms with Gasteiger partial charge in [-0.15, -0.1) is 5.10 Å². The van der Waals surface area contributed by atoms with E-state index >= 15 is 0 Å². The zero-order chi connectivity index (χ0) is 16.5. The third-order valence-electron chi connectivity index (χ3n) is 4.53. The molecule has 24 heavy (non-hydrogen) atoms. The first-order valence-electron chi connectivity index (χ1n) is 8.29. The number of anilines is 1. The van der Waals surface area contributed by atoms with Crippen LogP contribution in [0.3, 0.4) is 0 Å². The molecule has 0 spiro atoms. The van der Waals surface area contributed by atoms with Gasteiger partial charge in [0, 0.05) is 25.3 Å². The Balaban J connectivity index is 1.38. The maximum atomic E-state index is 12.0. The fourth-order valence-electron chi connectivity index (χ4n) is 3.00. The normalized spacial score (nSPS) is 18.6. The number of carbonyl (C=O) groups excluding carboxylic acids is 1. The molecule has 2 aromatic rings. The number of piperidine rings is 1. The number of halogens is 1. The predicted molar refractivity (Wildman–Crippen MR) is 90.2 cm³/mol. The van der Waals surface area contributed by atoms with Crippen molar-refractivity contribution in [2.24, 2.45) is 0 Å². The standard InChI is InChI=1S/C16H19ClN6O/c17-13-2-1-7-18-15(13)22-8-5-12(6-9-22)23-10-14(20-21-23)16(24)19-11-3-4-11/h1-2,7,10-12H,3-6,8-9H2,(H,19,24). The van der Waals surface area contributed by atoms with Gasteiger partial charge in [-0.2, -0.15) is 0 Å². The summed E-state index contributed by atoms with van der Waals surface area (Å²) >= 11 is 6.22. The summed E-state index contributed by atoms with van der Waals surface area (Å²) in [6, 6.07) is 4.27. The van der Waals surface area contributed by atoms with E-state index in [4.69, 9.17) is 11.6 Å². The van der Waals surface area contributed by atoms with E-state index in [1.807, 2.05) is 16.8 Å². The smallest absolute Gasteiger partial charge is 0.273 e. The molecule has 2 aliphatic rings. The van der Waals surface area contributed by atoms with Crippen LogP contribution in [-0.4, -0.2) is 45.0 Å². The van der Waals surface area contributed by atoms with Crippen molar-refractivity contribution in [2.75, 3.05) is 18.0 Å². The summed E-state index contributed by atoms with van der Waals surface area (Å²) in [6.07, 6.45) is 7.48. The fraction of sp³-hybridized carbons (Fsp3) is 0.500. The Morgan fingerprint density at radius 2 is 2.04 bits per heavy atom. The van der Waals surface area contributed by atoms with Crippen LogP contribution in [0.2, 0.25) is 5.02 Å². The maximum Gasteiger partial charge on any atom is 0.273 e. The number of rotatable bonds is 4. The lowest BCUT2D eigenvalue weighted by molar-refractivity contribution is 0.0946. The minimum atomic E-state index is -0.124. The van der Waals surface area contributed by atoms with E-state index in [9.17, 15) is 4.79 Å². The number of nitrogens with one attached hydrogen (secondary N) is 1. The number of carbonyl (C=O) groups is 1. The molecule has 3 heterocycles. The molecule has 7 nitrogen and oxygen atoms in total. The number of amides is 1. The van der Waals surface area contributed by atoms with Gasteiger partial charge in [0.15, 0.2) is 5.69 Å². The largest absolute Gasteiger partial charge is 0.355 e. The molecule has 1 amide bonds. The lowest BCUT2D eigenvalue weighted by Gasteiger charge is -2.32. The predicted octanol–water partition coefficient (Wildman–Crippen LogP) is 2.06. The molecule has 1 saturated heterocycles. The van der Waals surface area contributed by atoms with Crippen LogP contribution in [0.15, 0.2) is 24.5 Å². The van der Waals surface area contributed by atoms with Gasteiger partial charge in [0.25, 0.3) is 5.91 Å². The maximum absolute atomic E-state index is 12.0. The molecule has 0 unspecified atom stereocenters. The van der Waals surface area contributed by atoms with Crippen LogP contribution in [0.4, 0.5) is 5.82 Å². The number of pyridine rings is 1. The molecular weight excluding hydrogens is 328 g/mol. The molecule has 0 atom stereocenters. The first-order valence-corrected chi connectivity index (χ1v) is 8.66. The van der Waals surface area contributed by atoms with E-state index in [1.165, 1.54) is 0 Å². The quantitative estimate of drug-likeness (QED) is 0.917. The van der Waals surface area contributed by atoms with Gasteiger partial charge in [-0.3, -0.25) is 4.79 Å². The lowest BCUT2D eigenvalue weighted by atomic mass is 10.1. The third-order valence-corrected chi connectivity index (χ3v) is 4.83. The van der Waals surface area contributed by atoms with Crippen molar-refractivity contribution in [3.8, 4) is 0 Å². The highest BCUT2D eigenvalue weighted by atomic mass is 35.5. The Morgan fingerprint density at radius 1 is 1.25 bits per heavy atom. The molecule has 1 N–H and O–H groups in total. The van der Waals surface area contributed by atoms with E-state index in [0.29, 0.717) is 16.8 Å². The average molecular weight is 347 g/mol. The first-order chi connectivity index (χ1) is 11.7. The molecule has 1 aliphatic carbocycles. The molecule has 0 radical (unpaired) electrons. The van der Waals surface area contributed by atoms with Crippen molar-refractivity contribution >= 4 is 23.3 Å². The minimum absolute atomic E-state index is 0.124. The lowest BCUT2D eigenvalue weighted by Crippen LogP contribution is -2.35. The summed E-state index contributed by atoms with van der Waals surface area (Å²) in [5.74, 6) is 0.710. The zero-order valence-electron chi connectivity index (χ0n) is 13.2. The van der Waals surface area contributed by atoms with Crippen LogP contribution in [-0.2, 0) is 0 Å². The van der Waals surface area contributed by atoms with Crippen LogP contribution in [0, 0.1) is 0 Å². The van der Waals surface area contributed by atoms with Gasteiger partial charge in [-0.05, 0) is 37.8 Å². The van der Waals surface area contributed by atoms with E-state index in [1.54, 1.807) is 12.4 Å². The van der Waals surface area contributed by atoms with Gasteiger partial charge in [0.1, 0.15) is 5.82 Å². The molecule has 0 aromatic carbocycles. The van der Waals surface area contributed by atoms with Crippen molar-refractivity contribution in [1.29, 1.82) is 0 Å². The van der Waals surface area contributed by atoms with Crippen molar-refractivity contribution in [3.63, 3.8) is 0 Å². The molecule has 4 rings (SSSR count). The number of hydrogen-bond acceptors (Lipinski definition) is 5. The topological polar surface area (TPSA) is 75.9 Å². The Bertz CT molecular complexity index is 736. The summed E-state index contributed by atoms with van der Waals surface area (Å²) in [5.41, 5.74) is 0.400. The second-order valence-electron chi connectivity index (χ2n) is 6.36. The Labute approximate surface area is 145 Å². The molecule has 126 valence electrons. The Morgan fingerprint density at radius 3 is 2.75 bits per heavy atom.